The molecule has 31 heavy (non-hydrogen) atoms. The topological polar surface area (TPSA) is 43.4 Å². The number of hydrogen-bond acceptors (Lipinski definition) is 3. The largest absolute Gasteiger partial charge is 0.450 e. The first-order chi connectivity index (χ1) is 15.1. The third-order valence-corrected chi connectivity index (χ3v) is 6.68. The molecule has 1 aromatic carbocycles. The summed E-state index contributed by atoms with van der Waals surface area (Å²) >= 11 is 0. The van der Waals surface area contributed by atoms with E-state index in [1.807, 2.05) is 12.1 Å². The number of carbonyl (C=O) groups is 2. The van der Waals surface area contributed by atoms with Crippen molar-refractivity contribution in [3.63, 3.8) is 0 Å². The van der Waals surface area contributed by atoms with E-state index in [1.165, 1.54) is 63.4 Å². The average molecular weight is 425 g/mol. The van der Waals surface area contributed by atoms with Crippen LogP contribution in [0.5, 0.6) is 0 Å². The summed E-state index contributed by atoms with van der Waals surface area (Å²) in [5.74, 6) is 2.66. The highest BCUT2D eigenvalue weighted by molar-refractivity contribution is 6.00. The molecule has 0 N–H and O–H groups in total. The molecule has 1 aliphatic rings. The van der Waals surface area contributed by atoms with Gasteiger partial charge in [-0.1, -0.05) is 70.9 Å². The molecule has 1 saturated carbocycles. The minimum Gasteiger partial charge on any atom is -0.450 e. The summed E-state index contributed by atoms with van der Waals surface area (Å²) in [5, 5.41) is 0. The minimum atomic E-state index is -0.837. The van der Waals surface area contributed by atoms with Crippen LogP contribution in [0.2, 0.25) is 0 Å². The Kier molecular flexibility index (Phi) is 11.4. The van der Waals surface area contributed by atoms with Crippen molar-refractivity contribution in [2.75, 3.05) is 0 Å². The van der Waals surface area contributed by atoms with Crippen LogP contribution >= 0.6 is 0 Å². The molecule has 1 unspecified atom stereocenters. The molecule has 0 bridgehead atoms. The van der Waals surface area contributed by atoms with Gasteiger partial charge in [-0.25, -0.2) is 4.79 Å². The zero-order valence-electron chi connectivity index (χ0n) is 19.5. The number of ether oxygens (including phenoxy) is 1. The van der Waals surface area contributed by atoms with E-state index in [0.29, 0.717) is 17.9 Å². The normalized spacial score (nSPS) is 19.4. The van der Waals surface area contributed by atoms with Crippen molar-refractivity contribution in [2.45, 2.75) is 109 Å². The first kappa shape index (κ1) is 25.2. The van der Waals surface area contributed by atoms with E-state index in [4.69, 9.17) is 11.2 Å². The lowest BCUT2D eigenvalue weighted by Gasteiger charge is -2.29. The Morgan fingerprint density at radius 3 is 2.23 bits per heavy atom. The van der Waals surface area contributed by atoms with Gasteiger partial charge in [-0.15, -0.1) is 6.42 Å². The third kappa shape index (κ3) is 8.52. The lowest BCUT2D eigenvalue weighted by Crippen LogP contribution is -2.26. The molecule has 1 fully saturated rings. The number of terminal acetylenes is 1. The van der Waals surface area contributed by atoms with E-state index >= 15 is 0 Å². The van der Waals surface area contributed by atoms with E-state index in [1.54, 1.807) is 0 Å². The Morgan fingerprint density at radius 1 is 0.968 bits per heavy atom. The van der Waals surface area contributed by atoms with Gasteiger partial charge < -0.3 is 4.74 Å². The van der Waals surface area contributed by atoms with Crippen molar-refractivity contribution >= 4 is 11.8 Å². The van der Waals surface area contributed by atoms with Gasteiger partial charge in [0.25, 0.3) is 0 Å². The second-order valence-corrected chi connectivity index (χ2v) is 9.09. The van der Waals surface area contributed by atoms with E-state index in [0.717, 1.165) is 25.2 Å². The average Bonchev–Trinajstić information content (AvgIpc) is 2.81. The van der Waals surface area contributed by atoms with Crippen LogP contribution in [0.15, 0.2) is 24.3 Å². The highest BCUT2D eigenvalue weighted by atomic mass is 16.5. The molecule has 170 valence electrons. The van der Waals surface area contributed by atoms with Crippen molar-refractivity contribution in [3.8, 4) is 12.3 Å². The Hall–Kier alpha value is -2.08. The van der Waals surface area contributed by atoms with E-state index in [9.17, 15) is 9.59 Å². The van der Waals surface area contributed by atoms with Gasteiger partial charge in [-0.2, -0.15) is 0 Å². The zero-order chi connectivity index (χ0) is 22.5. The predicted molar refractivity (Wildman–Crippen MR) is 127 cm³/mol. The summed E-state index contributed by atoms with van der Waals surface area (Å²) in [4.78, 5) is 24.5. The number of Topliss-reactive ketones (excluding diaryl/α,β-unsaturated/α-hetero) is 1. The molecule has 0 radical (unpaired) electrons. The van der Waals surface area contributed by atoms with E-state index in [2.05, 4.69) is 31.9 Å². The number of esters is 1. The highest BCUT2D eigenvalue weighted by Gasteiger charge is 2.24. The maximum atomic E-state index is 12.5. The van der Waals surface area contributed by atoms with Gasteiger partial charge in [0.05, 0.1) is 5.56 Å². The highest BCUT2D eigenvalue weighted by Crippen LogP contribution is 2.37. The van der Waals surface area contributed by atoms with Crippen molar-refractivity contribution in [1.29, 1.82) is 0 Å². The molecule has 0 aromatic heterocycles. The van der Waals surface area contributed by atoms with E-state index < -0.39 is 17.9 Å². The maximum absolute atomic E-state index is 12.5. The SMILES string of the molecule is C#CC(=O)C(CCCCC)OC(=O)c1ccc(C2CCC(CCCCCC)CC2)cc1. The first-order valence-corrected chi connectivity index (χ1v) is 12.4. The summed E-state index contributed by atoms with van der Waals surface area (Å²) < 4.78 is 5.46. The second kappa shape index (κ2) is 14.1. The van der Waals surface area contributed by atoms with Crippen molar-refractivity contribution in [2.24, 2.45) is 5.92 Å². The summed E-state index contributed by atoms with van der Waals surface area (Å²) in [7, 11) is 0. The molecule has 1 atom stereocenters. The molecule has 2 rings (SSSR count). The molecule has 0 amide bonds. The molecule has 1 aliphatic carbocycles. The van der Waals surface area contributed by atoms with Gasteiger partial charge in [0, 0.05) is 0 Å². The minimum absolute atomic E-state index is 0.451. The van der Waals surface area contributed by atoms with Crippen LogP contribution in [0, 0.1) is 18.3 Å². The van der Waals surface area contributed by atoms with Gasteiger partial charge in [0.1, 0.15) is 0 Å². The summed E-state index contributed by atoms with van der Waals surface area (Å²) in [6.07, 6.45) is 19.6. The number of rotatable bonds is 13. The molecule has 0 spiro atoms. The van der Waals surface area contributed by atoms with Gasteiger partial charge in [-0.3, -0.25) is 4.79 Å². The summed E-state index contributed by atoms with van der Waals surface area (Å²) in [6, 6.07) is 7.77. The lowest BCUT2D eigenvalue weighted by atomic mass is 9.77. The van der Waals surface area contributed by atoms with Crippen molar-refractivity contribution in [3.05, 3.63) is 35.4 Å². The van der Waals surface area contributed by atoms with Gasteiger partial charge in [0.2, 0.25) is 5.78 Å². The molecular formula is C28H40O3. The van der Waals surface area contributed by atoms with Crippen molar-refractivity contribution in [1.82, 2.24) is 0 Å². The fourth-order valence-corrected chi connectivity index (χ4v) is 4.65. The summed E-state index contributed by atoms with van der Waals surface area (Å²) in [6.45, 7) is 4.35. The number of benzene rings is 1. The third-order valence-electron chi connectivity index (χ3n) is 6.68. The van der Waals surface area contributed by atoms with Crippen LogP contribution in [0.25, 0.3) is 0 Å². The van der Waals surface area contributed by atoms with Gasteiger partial charge >= 0.3 is 5.97 Å². The fraction of sp³-hybridized carbons (Fsp3) is 0.643. The second-order valence-electron chi connectivity index (χ2n) is 9.09. The standard InChI is InChI=1S/C28H40O3/c1-4-7-9-11-12-22-14-16-23(17-15-22)24-18-20-25(21-19-24)28(30)31-27(26(29)6-3)13-10-8-5-2/h3,18-23,27H,4-5,7-17H2,1-2H3. The fourth-order valence-electron chi connectivity index (χ4n) is 4.65. The molecule has 3 nitrogen and oxygen atoms in total. The Bertz CT molecular complexity index is 705. The molecule has 3 heteroatoms. The number of unbranched alkanes of at least 4 members (excludes halogenated alkanes) is 5. The van der Waals surface area contributed by atoms with Crippen LogP contribution in [0.1, 0.15) is 119 Å². The maximum Gasteiger partial charge on any atom is 0.338 e. The van der Waals surface area contributed by atoms with Crippen LogP contribution in [-0.2, 0) is 9.53 Å². The molecular weight excluding hydrogens is 384 g/mol. The smallest absolute Gasteiger partial charge is 0.338 e. The van der Waals surface area contributed by atoms with Crippen LogP contribution < -0.4 is 0 Å². The molecule has 0 heterocycles. The Balaban J connectivity index is 1.84. The Morgan fingerprint density at radius 2 is 1.61 bits per heavy atom. The van der Waals surface area contributed by atoms with Crippen LogP contribution in [0.3, 0.4) is 0 Å². The van der Waals surface area contributed by atoms with Crippen LogP contribution in [0.4, 0.5) is 0 Å². The molecule has 1 aromatic rings. The number of ketones is 1. The van der Waals surface area contributed by atoms with Crippen molar-refractivity contribution < 1.29 is 14.3 Å². The van der Waals surface area contributed by atoms with E-state index in [-0.39, 0.29) is 0 Å². The first-order valence-electron chi connectivity index (χ1n) is 12.4. The number of hydrogen-bond donors (Lipinski definition) is 0. The quantitative estimate of drug-likeness (QED) is 0.145. The van der Waals surface area contributed by atoms with Crippen LogP contribution in [-0.4, -0.2) is 17.9 Å². The Labute approximate surface area is 189 Å². The lowest BCUT2D eigenvalue weighted by molar-refractivity contribution is -0.122. The predicted octanol–water partition coefficient (Wildman–Crippen LogP) is 7.24. The summed E-state index contributed by atoms with van der Waals surface area (Å²) in [5.41, 5.74) is 1.79. The molecule has 0 aliphatic heterocycles. The number of carbonyl (C=O) groups excluding carboxylic acids is 2. The van der Waals surface area contributed by atoms with Gasteiger partial charge in [-0.05, 0) is 74.0 Å². The monoisotopic (exact) mass is 424 g/mol. The molecule has 0 saturated heterocycles. The zero-order valence-corrected chi connectivity index (χ0v) is 19.5. The van der Waals surface area contributed by atoms with Gasteiger partial charge in [0.15, 0.2) is 6.10 Å².